The molecule has 0 radical (unpaired) electrons. The Hall–Kier alpha value is -2.34. The van der Waals surface area contributed by atoms with Gasteiger partial charge in [-0.1, -0.05) is 48.0 Å². The Kier molecular flexibility index (Phi) is 4.91. The van der Waals surface area contributed by atoms with Gasteiger partial charge in [-0.25, -0.2) is 0 Å². The number of carbonyl (C=O) groups is 1. The molecule has 1 amide bonds. The van der Waals surface area contributed by atoms with Gasteiger partial charge in [-0.3, -0.25) is 4.79 Å². The van der Waals surface area contributed by atoms with E-state index in [4.69, 9.17) is 16.3 Å². The lowest BCUT2D eigenvalue weighted by atomic mass is 9.97. The van der Waals surface area contributed by atoms with E-state index in [2.05, 4.69) is 0 Å². The number of fused-ring (bicyclic) bond motifs is 1. The van der Waals surface area contributed by atoms with Crippen LogP contribution in [0.2, 0.25) is 5.02 Å². The molecule has 4 rings (SSSR count). The second kappa shape index (κ2) is 7.35. The van der Waals surface area contributed by atoms with Crippen molar-refractivity contribution in [3.8, 4) is 0 Å². The number of aliphatic hydroxyl groups excluding tert-OH is 1. The van der Waals surface area contributed by atoms with Gasteiger partial charge in [0, 0.05) is 29.5 Å². The summed E-state index contributed by atoms with van der Waals surface area (Å²) in [7, 11) is 1.89. The van der Waals surface area contributed by atoms with E-state index in [9.17, 15) is 9.90 Å². The number of carbonyl (C=O) groups excluding carboxylic acids is 1. The summed E-state index contributed by atoms with van der Waals surface area (Å²) in [6.45, 7) is 0.628. The normalized spacial score (nSPS) is 20.2. The van der Waals surface area contributed by atoms with Crippen molar-refractivity contribution in [2.45, 2.75) is 12.1 Å². The van der Waals surface area contributed by atoms with Crippen LogP contribution in [0.4, 0.5) is 0 Å². The predicted octanol–water partition coefficient (Wildman–Crippen LogP) is 3.41. The lowest BCUT2D eigenvalue weighted by Crippen LogP contribution is -2.49. The molecule has 2 heterocycles. The number of rotatable bonds is 3. The van der Waals surface area contributed by atoms with Gasteiger partial charge in [-0.2, -0.15) is 0 Å². The van der Waals surface area contributed by atoms with Crippen molar-refractivity contribution < 1.29 is 14.6 Å². The summed E-state index contributed by atoms with van der Waals surface area (Å²) in [6, 6.07) is 16.8. The van der Waals surface area contributed by atoms with Crippen molar-refractivity contribution in [1.82, 2.24) is 9.47 Å². The molecule has 1 aliphatic heterocycles. The SMILES string of the molecule is Cn1c(C(=O)N2CCO[C@@H](CO)[C@@H]2c2ccccc2Cl)cc2ccccc21. The molecule has 1 aliphatic rings. The predicted molar refractivity (Wildman–Crippen MR) is 105 cm³/mol. The van der Waals surface area contributed by atoms with Crippen LogP contribution in [0, 0.1) is 0 Å². The standard InChI is InChI=1S/C21H21ClN2O3/c1-23-17-9-5-2-6-14(17)12-18(23)21(26)24-10-11-27-19(13-25)20(24)15-7-3-4-8-16(15)22/h2-9,12,19-20,25H,10-11,13H2,1H3/t19-,20-/m0/s1. The largest absolute Gasteiger partial charge is 0.394 e. The number of aromatic nitrogens is 1. The number of aryl methyl sites for hydroxylation is 1. The van der Waals surface area contributed by atoms with Crippen LogP contribution >= 0.6 is 11.6 Å². The van der Waals surface area contributed by atoms with Crippen molar-refractivity contribution in [2.75, 3.05) is 19.8 Å². The third kappa shape index (κ3) is 3.12. The Balaban J connectivity index is 1.78. The highest BCUT2D eigenvalue weighted by molar-refractivity contribution is 6.31. The maximum atomic E-state index is 13.5. The number of benzene rings is 2. The minimum atomic E-state index is -0.516. The summed E-state index contributed by atoms with van der Waals surface area (Å²) in [5.41, 5.74) is 2.39. The Morgan fingerprint density at radius 1 is 1.22 bits per heavy atom. The van der Waals surface area contributed by atoms with Crippen molar-refractivity contribution in [3.05, 3.63) is 70.9 Å². The lowest BCUT2D eigenvalue weighted by Gasteiger charge is -2.41. The van der Waals surface area contributed by atoms with E-state index < -0.39 is 12.1 Å². The summed E-state index contributed by atoms with van der Waals surface area (Å²) in [6.07, 6.45) is -0.516. The van der Waals surface area contributed by atoms with Gasteiger partial charge < -0.3 is 19.3 Å². The Labute approximate surface area is 162 Å². The monoisotopic (exact) mass is 384 g/mol. The van der Waals surface area contributed by atoms with E-state index >= 15 is 0 Å². The van der Waals surface area contributed by atoms with Gasteiger partial charge in [0.15, 0.2) is 0 Å². The van der Waals surface area contributed by atoms with Gasteiger partial charge in [0.2, 0.25) is 0 Å². The number of aliphatic hydroxyl groups is 1. The molecule has 0 saturated carbocycles. The number of hydrogen-bond donors (Lipinski definition) is 1. The number of amides is 1. The van der Waals surface area contributed by atoms with Crippen molar-refractivity contribution in [1.29, 1.82) is 0 Å². The zero-order chi connectivity index (χ0) is 19.0. The quantitative estimate of drug-likeness (QED) is 0.753. The van der Waals surface area contributed by atoms with Gasteiger partial charge in [-0.15, -0.1) is 0 Å². The molecule has 0 spiro atoms. The van der Waals surface area contributed by atoms with Crippen LogP contribution in [0.15, 0.2) is 54.6 Å². The molecule has 2 atom stereocenters. The highest BCUT2D eigenvalue weighted by Crippen LogP contribution is 2.35. The smallest absolute Gasteiger partial charge is 0.271 e. The fraction of sp³-hybridized carbons (Fsp3) is 0.286. The third-order valence-corrected chi connectivity index (χ3v) is 5.53. The molecule has 5 nitrogen and oxygen atoms in total. The van der Waals surface area contributed by atoms with E-state index in [1.165, 1.54) is 0 Å². The maximum absolute atomic E-state index is 13.5. The van der Waals surface area contributed by atoms with Crippen LogP contribution in [-0.2, 0) is 11.8 Å². The second-order valence-corrected chi connectivity index (χ2v) is 7.11. The molecule has 0 unspecified atom stereocenters. The third-order valence-electron chi connectivity index (χ3n) is 5.19. The Morgan fingerprint density at radius 2 is 1.96 bits per heavy atom. The fourth-order valence-electron chi connectivity index (χ4n) is 3.84. The molecule has 140 valence electrons. The van der Waals surface area contributed by atoms with Crippen LogP contribution < -0.4 is 0 Å². The molecule has 6 heteroatoms. The molecule has 1 fully saturated rings. The molecular formula is C21H21ClN2O3. The summed E-state index contributed by atoms with van der Waals surface area (Å²) < 4.78 is 7.65. The van der Waals surface area contributed by atoms with Crippen LogP contribution in [0.1, 0.15) is 22.1 Å². The molecule has 27 heavy (non-hydrogen) atoms. The van der Waals surface area contributed by atoms with Crippen molar-refractivity contribution in [2.24, 2.45) is 7.05 Å². The maximum Gasteiger partial charge on any atom is 0.271 e. The van der Waals surface area contributed by atoms with Crippen LogP contribution in [-0.4, -0.2) is 46.3 Å². The lowest BCUT2D eigenvalue weighted by molar-refractivity contribution is -0.0813. The second-order valence-electron chi connectivity index (χ2n) is 6.70. The first-order chi connectivity index (χ1) is 13.1. The molecule has 0 bridgehead atoms. The topological polar surface area (TPSA) is 54.7 Å². The van der Waals surface area contributed by atoms with Gasteiger partial charge in [0.1, 0.15) is 11.8 Å². The van der Waals surface area contributed by atoms with Crippen LogP contribution in [0.5, 0.6) is 0 Å². The van der Waals surface area contributed by atoms with Crippen LogP contribution in [0.3, 0.4) is 0 Å². The molecule has 1 aromatic heterocycles. The number of hydrogen-bond acceptors (Lipinski definition) is 3. The number of halogens is 1. The van der Waals surface area contributed by atoms with Gasteiger partial charge in [0.25, 0.3) is 5.91 Å². The Bertz CT molecular complexity index is 984. The number of ether oxygens (including phenoxy) is 1. The number of nitrogens with zero attached hydrogens (tertiary/aromatic N) is 2. The molecule has 3 aromatic rings. The first-order valence-corrected chi connectivity index (χ1v) is 9.32. The average molecular weight is 385 g/mol. The van der Waals surface area contributed by atoms with Crippen LogP contribution in [0.25, 0.3) is 10.9 Å². The molecular weight excluding hydrogens is 364 g/mol. The highest BCUT2D eigenvalue weighted by Gasteiger charge is 2.38. The average Bonchev–Trinajstić information content (AvgIpc) is 3.04. The zero-order valence-corrected chi connectivity index (χ0v) is 15.8. The van der Waals surface area contributed by atoms with E-state index in [0.717, 1.165) is 16.5 Å². The van der Waals surface area contributed by atoms with Crippen molar-refractivity contribution in [3.63, 3.8) is 0 Å². The molecule has 1 saturated heterocycles. The minimum Gasteiger partial charge on any atom is -0.394 e. The summed E-state index contributed by atoms with van der Waals surface area (Å²) in [5, 5.41) is 11.4. The minimum absolute atomic E-state index is 0.0969. The molecule has 1 N–H and O–H groups in total. The first-order valence-electron chi connectivity index (χ1n) is 8.94. The summed E-state index contributed by atoms with van der Waals surface area (Å²) in [5.74, 6) is -0.0969. The van der Waals surface area contributed by atoms with Gasteiger partial charge >= 0.3 is 0 Å². The van der Waals surface area contributed by atoms with Gasteiger partial charge in [0.05, 0.1) is 19.3 Å². The number of morpholine rings is 1. The molecule has 0 aliphatic carbocycles. The van der Waals surface area contributed by atoms with Gasteiger partial charge in [-0.05, 0) is 23.8 Å². The van der Waals surface area contributed by atoms with E-state index in [1.807, 2.05) is 60.1 Å². The zero-order valence-electron chi connectivity index (χ0n) is 15.0. The summed E-state index contributed by atoms with van der Waals surface area (Å²) >= 11 is 6.41. The fourth-order valence-corrected chi connectivity index (χ4v) is 4.09. The first kappa shape index (κ1) is 18.0. The Morgan fingerprint density at radius 3 is 2.70 bits per heavy atom. The van der Waals surface area contributed by atoms with E-state index in [1.54, 1.807) is 11.0 Å². The van der Waals surface area contributed by atoms with Crippen molar-refractivity contribution >= 4 is 28.4 Å². The van der Waals surface area contributed by atoms with E-state index in [-0.39, 0.29) is 12.5 Å². The number of para-hydroxylation sites is 1. The highest BCUT2D eigenvalue weighted by atomic mass is 35.5. The molecule has 2 aromatic carbocycles. The van der Waals surface area contributed by atoms with E-state index in [0.29, 0.717) is 23.9 Å². The summed E-state index contributed by atoms with van der Waals surface area (Å²) in [4.78, 5) is 15.2.